The molecule has 8 heteroatoms. The zero-order chi connectivity index (χ0) is 17.4. The van der Waals surface area contributed by atoms with Crippen molar-refractivity contribution in [1.82, 2.24) is 0 Å². The van der Waals surface area contributed by atoms with Crippen LogP contribution in [0.2, 0.25) is 0 Å². The van der Waals surface area contributed by atoms with Crippen LogP contribution in [-0.4, -0.2) is 31.9 Å². The van der Waals surface area contributed by atoms with Crippen LogP contribution in [0.3, 0.4) is 0 Å². The number of allylic oxidation sites excluding steroid dienone is 1. The quantitative estimate of drug-likeness (QED) is 0.325. The van der Waals surface area contributed by atoms with Crippen molar-refractivity contribution in [1.29, 1.82) is 0 Å². The molecule has 0 rings (SSSR count). The van der Waals surface area contributed by atoms with Gasteiger partial charge >= 0.3 is 12.4 Å². The van der Waals surface area contributed by atoms with Gasteiger partial charge < -0.3 is 9.47 Å². The predicted octanol–water partition coefficient (Wildman–Crippen LogP) is 5.24. The van der Waals surface area contributed by atoms with Gasteiger partial charge in [0.25, 0.3) is 0 Å². The molecular formula is C14H22F6O2. The van der Waals surface area contributed by atoms with Crippen LogP contribution in [0, 0.1) is 5.92 Å². The molecule has 0 aliphatic heterocycles. The van der Waals surface area contributed by atoms with Crippen LogP contribution in [0.1, 0.15) is 40.0 Å². The van der Waals surface area contributed by atoms with Crippen LogP contribution in [0.4, 0.5) is 26.3 Å². The van der Waals surface area contributed by atoms with E-state index in [0.29, 0.717) is 17.9 Å². The lowest BCUT2D eigenvalue weighted by atomic mass is 10.0. The van der Waals surface area contributed by atoms with Gasteiger partial charge in [-0.3, -0.25) is 0 Å². The minimum atomic E-state index is -4.63. The SMILES string of the molecule is C/C(=C\C(OCC(F)(F)F)OCC(F)(F)F)CCCC(C)C. The maximum absolute atomic E-state index is 12.1. The second-order valence-electron chi connectivity index (χ2n) is 5.52. The molecule has 0 saturated carbocycles. The molecule has 0 spiro atoms. The van der Waals surface area contributed by atoms with Gasteiger partial charge in [-0.1, -0.05) is 25.8 Å². The monoisotopic (exact) mass is 336 g/mol. The maximum Gasteiger partial charge on any atom is 0.411 e. The van der Waals surface area contributed by atoms with Crippen LogP contribution < -0.4 is 0 Å². The molecule has 0 N–H and O–H groups in total. The van der Waals surface area contributed by atoms with Crippen molar-refractivity contribution < 1.29 is 35.8 Å². The molecular weight excluding hydrogens is 314 g/mol. The van der Waals surface area contributed by atoms with Gasteiger partial charge in [-0.15, -0.1) is 0 Å². The Hall–Kier alpha value is -0.760. The number of ether oxygens (including phenoxy) is 2. The van der Waals surface area contributed by atoms with Crippen LogP contribution in [0.25, 0.3) is 0 Å². The molecule has 0 aromatic rings. The highest BCUT2D eigenvalue weighted by Gasteiger charge is 2.32. The minimum absolute atomic E-state index is 0.478. The molecule has 0 fully saturated rings. The van der Waals surface area contributed by atoms with E-state index in [1.165, 1.54) is 0 Å². The minimum Gasteiger partial charge on any atom is -0.340 e. The third-order valence-corrected chi connectivity index (χ3v) is 2.60. The van der Waals surface area contributed by atoms with E-state index >= 15 is 0 Å². The second-order valence-corrected chi connectivity index (χ2v) is 5.52. The van der Waals surface area contributed by atoms with E-state index < -0.39 is 31.9 Å². The van der Waals surface area contributed by atoms with E-state index in [-0.39, 0.29) is 0 Å². The Kier molecular flexibility index (Phi) is 9.07. The summed E-state index contributed by atoms with van der Waals surface area (Å²) in [6.07, 6.45) is -7.47. The van der Waals surface area contributed by atoms with E-state index in [1.54, 1.807) is 6.92 Å². The van der Waals surface area contributed by atoms with Crippen LogP contribution in [0.15, 0.2) is 11.6 Å². The normalized spacial score (nSPS) is 14.2. The molecule has 0 aliphatic carbocycles. The predicted molar refractivity (Wildman–Crippen MR) is 70.2 cm³/mol. The first-order valence-corrected chi connectivity index (χ1v) is 6.93. The maximum atomic E-state index is 12.1. The zero-order valence-electron chi connectivity index (χ0n) is 12.9. The summed E-state index contributed by atoms with van der Waals surface area (Å²) >= 11 is 0. The topological polar surface area (TPSA) is 18.5 Å². The van der Waals surface area contributed by atoms with Gasteiger partial charge in [0.15, 0.2) is 6.29 Å². The number of alkyl halides is 6. The van der Waals surface area contributed by atoms with Crippen molar-refractivity contribution in [2.45, 2.75) is 58.7 Å². The Bertz CT molecular complexity index is 315. The van der Waals surface area contributed by atoms with Crippen LogP contribution >= 0.6 is 0 Å². The average molecular weight is 336 g/mol. The first-order chi connectivity index (χ1) is 9.89. The lowest BCUT2D eigenvalue weighted by molar-refractivity contribution is -0.246. The second kappa shape index (κ2) is 9.39. The van der Waals surface area contributed by atoms with Gasteiger partial charge in [0, 0.05) is 0 Å². The summed E-state index contributed by atoms with van der Waals surface area (Å²) in [6.45, 7) is 2.36. The molecule has 0 aliphatic rings. The van der Waals surface area contributed by atoms with E-state index in [4.69, 9.17) is 0 Å². The number of hydrogen-bond acceptors (Lipinski definition) is 2. The molecule has 132 valence electrons. The number of halogens is 6. The Morgan fingerprint density at radius 2 is 1.41 bits per heavy atom. The molecule has 0 saturated heterocycles. The Balaban J connectivity index is 4.54. The van der Waals surface area contributed by atoms with Crippen LogP contribution in [0.5, 0.6) is 0 Å². The standard InChI is InChI=1S/C14H22F6O2/c1-10(2)5-4-6-11(3)7-12(21-8-13(15,16)17)22-9-14(18,19)20/h7,10,12H,4-6,8-9H2,1-3H3/b11-7+. The average Bonchev–Trinajstić information content (AvgIpc) is 2.30. The largest absolute Gasteiger partial charge is 0.411 e. The molecule has 0 unspecified atom stereocenters. The molecule has 22 heavy (non-hydrogen) atoms. The zero-order valence-corrected chi connectivity index (χ0v) is 12.9. The summed E-state index contributed by atoms with van der Waals surface area (Å²) in [5.74, 6) is 0.478. The highest BCUT2D eigenvalue weighted by molar-refractivity contribution is 5.00. The Morgan fingerprint density at radius 3 is 1.77 bits per heavy atom. The highest BCUT2D eigenvalue weighted by Crippen LogP contribution is 2.20. The van der Waals surface area contributed by atoms with Crippen molar-refractivity contribution >= 4 is 0 Å². The fraction of sp³-hybridized carbons (Fsp3) is 0.857. The van der Waals surface area contributed by atoms with Crippen molar-refractivity contribution in [3.63, 3.8) is 0 Å². The Morgan fingerprint density at radius 1 is 0.955 bits per heavy atom. The lowest BCUT2D eigenvalue weighted by Gasteiger charge is -2.18. The first kappa shape index (κ1) is 21.2. The molecule has 2 nitrogen and oxygen atoms in total. The van der Waals surface area contributed by atoms with Gasteiger partial charge in [0.05, 0.1) is 0 Å². The summed E-state index contributed by atoms with van der Waals surface area (Å²) in [7, 11) is 0. The van der Waals surface area contributed by atoms with Crippen molar-refractivity contribution in [2.24, 2.45) is 5.92 Å². The fourth-order valence-electron chi connectivity index (χ4n) is 1.60. The highest BCUT2D eigenvalue weighted by atomic mass is 19.4. The van der Waals surface area contributed by atoms with Crippen molar-refractivity contribution in [3.05, 3.63) is 11.6 Å². The third kappa shape index (κ3) is 14.2. The molecule has 0 aromatic heterocycles. The molecule has 0 atom stereocenters. The lowest BCUT2D eigenvalue weighted by Crippen LogP contribution is -2.28. The third-order valence-electron chi connectivity index (χ3n) is 2.60. The fourth-order valence-corrected chi connectivity index (χ4v) is 1.60. The van der Waals surface area contributed by atoms with Gasteiger partial charge in [-0.05, 0) is 31.8 Å². The summed E-state index contributed by atoms with van der Waals surface area (Å²) in [5.41, 5.74) is 0.634. The molecule has 0 bridgehead atoms. The van der Waals surface area contributed by atoms with Crippen molar-refractivity contribution in [3.8, 4) is 0 Å². The molecule has 0 radical (unpaired) electrons. The Labute approximate surface area is 126 Å². The molecule has 0 aromatic carbocycles. The van der Waals surface area contributed by atoms with E-state index in [2.05, 4.69) is 9.47 Å². The van der Waals surface area contributed by atoms with Gasteiger partial charge in [-0.2, -0.15) is 26.3 Å². The molecule has 0 amide bonds. The van der Waals surface area contributed by atoms with Gasteiger partial charge in [0.2, 0.25) is 0 Å². The number of hydrogen-bond donors (Lipinski definition) is 0. The number of rotatable bonds is 9. The van der Waals surface area contributed by atoms with Crippen LogP contribution in [-0.2, 0) is 9.47 Å². The summed E-state index contributed by atoms with van der Waals surface area (Å²) < 4.78 is 81.3. The van der Waals surface area contributed by atoms with E-state index in [1.807, 2.05) is 13.8 Å². The smallest absolute Gasteiger partial charge is 0.340 e. The van der Waals surface area contributed by atoms with E-state index in [0.717, 1.165) is 18.9 Å². The van der Waals surface area contributed by atoms with Crippen molar-refractivity contribution in [2.75, 3.05) is 13.2 Å². The summed E-state index contributed by atoms with van der Waals surface area (Å²) in [5, 5.41) is 0. The molecule has 0 heterocycles. The van der Waals surface area contributed by atoms with E-state index in [9.17, 15) is 26.3 Å². The summed E-state index contributed by atoms with van der Waals surface area (Å²) in [4.78, 5) is 0. The summed E-state index contributed by atoms with van der Waals surface area (Å²) in [6, 6.07) is 0. The van der Waals surface area contributed by atoms with Gasteiger partial charge in [-0.25, -0.2) is 0 Å². The van der Waals surface area contributed by atoms with Gasteiger partial charge in [0.1, 0.15) is 13.2 Å². The first-order valence-electron chi connectivity index (χ1n) is 6.93.